The van der Waals surface area contributed by atoms with E-state index >= 15 is 0 Å². The monoisotopic (exact) mass is 185 g/mol. The number of imide groups is 1. The second-order valence-corrected chi connectivity index (χ2v) is 2.73. The highest BCUT2D eigenvalue weighted by molar-refractivity contribution is 6.01. The second kappa shape index (κ2) is 3.88. The molecule has 1 aliphatic rings. The summed E-state index contributed by atoms with van der Waals surface area (Å²) < 4.78 is 0. The van der Waals surface area contributed by atoms with Gasteiger partial charge in [-0.15, -0.1) is 0 Å². The molecule has 0 saturated carbocycles. The Bertz CT molecular complexity index is 251. The number of hydrogen-bond donors (Lipinski definition) is 3. The third-order valence-electron chi connectivity index (χ3n) is 1.77. The number of carbonyl (C=O) groups is 3. The second-order valence-electron chi connectivity index (χ2n) is 2.73. The molecule has 1 heterocycles. The average molecular weight is 185 g/mol. The molecule has 72 valence electrons. The quantitative estimate of drug-likeness (QED) is 0.445. The van der Waals surface area contributed by atoms with Crippen molar-refractivity contribution >= 4 is 17.8 Å². The fraction of sp³-hybridized carbons (Fsp3) is 0.571. The van der Waals surface area contributed by atoms with Gasteiger partial charge in [-0.1, -0.05) is 0 Å². The predicted molar refractivity (Wildman–Crippen MR) is 43.8 cm³/mol. The zero-order valence-corrected chi connectivity index (χ0v) is 7.22. The van der Waals surface area contributed by atoms with E-state index in [9.17, 15) is 14.4 Å². The van der Waals surface area contributed by atoms with Crippen LogP contribution in [0.15, 0.2) is 0 Å². The minimum absolute atomic E-state index is 0.264. The van der Waals surface area contributed by atoms with E-state index in [1.165, 1.54) is 7.05 Å². The molecule has 6 nitrogen and oxygen atoms in total. The Labute approximate surface area is 75.1 Å². The molecule has 0 bridgehead atoms. The lowest BCUT2D eigenvalue weighted by molar-refractivity contribution is -0.134. The van der Waals surface area contributed by atoms with Gasteiger partial charge in [0.15, 0.2) is 0 Å². The molecule has 3 N–H and O–H groups in total. The van der Waals surface area contributed by atoms with Crippen molar-refractivity contribution in [2.45, 2.75) is 18.9 Å². The van der Waals surface area contributed by atoms with Gasteiger partial charge in [-0.05, 0) is 6.42 Å². The Morgan fingerprint density at radius 1 is 1.54 bits per heavy atom. The number of hydrogen-bond acceptors (Lipinski definition) is 3. The Kier molecular flexibility index (Phi) is 2.84. The average Bonchev–Trinajstić information content (AvgIpc) is 2.09. The van der Waals surface area contributed by atoms with E-state index in [1.807, 2.05) is 0 Å². The van der Waals surface area contributed by atoms with Crippen LogP contribution in [0.2, 0.25) is 0 Å². The standard InChI is InChI=1S/C7H11N3O3/c1-8-7(13)9-4-2-3-5(11)10-6(4)12/h4H,2-3H2,1H3,(H2,8,9,13)(H,10,11,12). The molecule has 0 spiro atoms. The highest BCUT2D eigenvalue weighted by Crippen LogP contribution is 2.03. The lowest BCUT2D eigenvalue weighted by atomic mass is 10.1. The van der Waals surface area contributed by atoms with Crippen molar-refractivity contribution in [2.75, 3.05) is 7.05 Å². The predicted octanol–water partition coefficient (Wildman–Crippen LogP) is -1.28. The number of carbonyl (C=O) groups excluding carboxylic acids is 3. The van der Waals surface area contributed by atoms with Crippen LogP contribution in [0.25, 0.3) is 0 Å². The summed E-state index contributed by atoms with van der Waals surface area (Å²) in [5.74, 6) is -0.736. The number of nitrogens with one attached hydrogen (secondary N) is 3. The van der Waals surface area contributed by atoms with E-state index in [4.69, 9.17) is 0 Å². The van der Waals surface area contributed by atoms with Crippen LogP contribution in [0.1, 0.15) is 12.8 Å². The van der Waals surface area contributed by atoms with Crippen molar-refractivity contribution in [3.8, 4) is 0 Å². The molecule has 1 saturated heterocycles. The van der Waals surface area contributed by atoms with Gasteiger partial charge in [-0.2, -0.15) is 0 Å². The number of urea groups is 1. The number of piperidine rings is 1. The minimum Gasteiger partial charge on any atom is -0.341 e. The van der Waals surface area contributed by atoms with Crippen LogP contribution >= 0.6 is 0 Å². The molecule has 1 unspecified atom stereocenters. The third kappa shape index (κ3) is 2.43. The highest BCUT2D eigenvalue weighted by atomic mass is 16.2. The van der Waals surface area contributed by atoms with E-state index in [-0.39, 0.29) is 12.3 Å². The van der Waals surface area contributed by atoms with Crippen LogP contribution in [-0.2, 0) is 9.59 Å². The Balaban J connectivity index is 2.47. The first-order chi connectivity index (χ1) is 6.13. The molecule has 0 aromatic heterocycles. The lowest BCUT2D eigenvalue weighted by Gasteiger charge is -2.21. The molecule has 13 heavy (non-hydrogen) atoms. The van der Waals surface area contributed by atoms with Gasteiger partial charge in [0, 0.05) is 13.5 Å². The first-order valence-corrected chi connectivity index (χ1v) is 3.95. The van der Waals surface area contributed by atoms with Crippen molar-refractivity contribution in [1.82, 2.24) is 16.0 Å². The van der Waals surface area contributed by atoms with Crippen molar-refractivity contribution in [1.29, 1.82) is 0 Å². The zero-order chi connectivity index (χ0) is 9.84. The van der Waals surface area contributed by atoms with Gasteiger partial charge in [0.05, 0.1) is 0 Å². The smallest absolute Gasteiger partial charge is 0.315 e. The number of amides is 4. The largest absolute Gasteiger partial charge is 0.341 e. The van der Waals surface area contributed by atoms with Gasteiger partial charge >= 0.3 is 6.03 Å². The van der Waals surface area contributed by atoms with Crippen LogP contribution in [0, 0.1) is 0 Å². The number of rotatable bonds is 1. The SMILES string of the molecule is CNC(=O)NC1CCC(=O)NC1=O. The maximum absolute atomic E-state index is 11.1. The molecule has 0 aliphatic carbocycles. The molecular weight excluding hydrogens is 174 g/mol. The summed E-state index contributed by atoms with van der Waals surface area (Å²) >= 11 is 0. The molecule has 0 aromatic carbocycles. The summed E-state index contributed by atoms with van der Waals surface area (Å²) in [7, 11) is 1.46. The van der Waals surface area contributed by atoms with E-state index < -0.39 is 18.0 Å². The minimum atomic E-state index is -0.599. The first-order valence-electron chi connectivity index (χ1n) is 3.95. The van der Waals surface area contributed by atoms with Crippen LogP contribution in [0.4, 0.5) is 4.79 Å². The summed E-state index contributed by atoms with van der Waals surface area (Å²) in [6.07, 6.45) is 0.623. The van der Waals surface area contributed by atoms with Gasteiger partial charge in [0.1, 0.15) is 6.04 Å². The fourth-order valence-corrected chi connectivity index (χ4v) is 1.06. The molecule has 1 aliphatic heterocycles. The third-order valence-corrected chi connectivity index (χ3v) is 1.77. The molecule has 1 atom stereocenters. The van der Waals surface area contributed by atoms with E-state index in [0.717, 1.165) is 0 Å². The normalized spacial score (nSPS) is 22.1. The summed E-state index contributed by atoms with van der Waals surface area (Å²) in [5.41, 5.74) is 0. The van der Waals surface area contributed by atoms with E-state index in [0.29, 0.717) is 6.42 Å². The molecule has 0 radical (unpaired) electrons. The molecule has 4 amide bonds. The summed E-state index contributed by atoms with van der Waals surface area (Å²) in [6.45, 7) is 0. The maximum atomic E-state index is 11.1. The zero-order valence-electron chi connectivity index (χ0n) is 7.22. The summed E-state index contributed by atoms with van der Waals surface area (Å²) in [4.78, 5) is 32.6. The Morgan fingerprint density at radius 2 is 2.23 bits per heavy atom. The van der Waals surface area contributed by atoms with Crippen molar-refractivity contribution < 1.29 is 14.4 Å². The molecular formula is C7H11N3O3. The van der Waals surface area contributed by atoms with Crippen LogP contribution in [-0.4, -0.2) is 30.9 Å². The highest BCUT2D eigenvalue weighted by Gasteiger charge is 2.27. The van der Waals surface area contributed by atoms with Gasteiger partial charge in [-0.25, -0.2) is 4.79 Å². The summed E-state index contributed by atoms with van der Waals surface area (Å²) in [5, 5.41) is 6.89. The molecule has 6 heteroatoms. The van der Waals surface area contributed by atoms with Gasteiger partial charge in [0.25, 0.3) is 0 Å². The van der Waals surface area contributed by atoms with Crippen molar-refractivity contribution in [2.24, 2.45) is 0 Å². The van der Waals surface area contributed by atoms with Crippen molar-refractivity contribution in [3.05, 3.63) is 0 Å². The molecule has 0 aromatic rings. The topological polar surface area (TPSA) is 87.3 Å². The summed E-state index contributed by atoms with van der Waals surface area (Å²) in [6, 6.07) is -1.02. The van der Waals surface area contributed by atoms with Crippen molar-refractivity contribution in [3.63, 3.8) is 0 Å². The van der Waals surface area contributed by atoms with Gasteiger partial charge in [-0.3, -0.25) is 14.9 Å². The van der Waals surface area contributed by atoms with Gasteiger partial charge in [0.2, 0.25) is 11.8 Å². The molecule has 1 rings (SSSR count). The van der Waals surface area contributed by atoms with E-state index in [1.54, 1.807) is 0 Å². The van der Waals surface area contributed by atoms with Gasteiger partial charge < -0.3 is 10.6 Å². The van der Waals surface area contributed by atoms with Crippen LogP contribution in [0.3, 0.4) is 0 Å². The van der Waals surface area contributed by atoms with E-state index in [2.05, 4.69) is 16.0 Å². The Morgan fingerprint density at radius 3 is 2.77 bits per heavy atom. The van der Waals surface area contributed by atoms with Crippen LogP contribution < -0.4 is 16.0 Å². The van der Waals surface area contributed by atoms with Crippen LogP contribution in [0.5, 0.6) is 0 Å². The fourth-order valence-electron chi connectivity index (χ4n) is 1.06. The lowest BCUT2D eigenvalue weighted by Crippen LogP contribution is -2.53. The first kappa shape index (κ1) is 9.50. The molecule has 1 fully saturated rings. The Hall–Kier alpha value is -1.59. The maximum Gasteiger partial charge on any atom is 0.315 e.